The minimum atomic E-state index is -0.900. The average Bonchev–Trinajstić information content (AvgIpc) is 2.68. The highest BCUT2D eigenvalue weighted by atomic mass is 16.5. The Hall–Kier alpha value is -0.940. The van der Waals surface area contributed by atoms with E-state index >= 15 is 0 Å². The molecule has 0 aliphatic carbocycles. The number of allylic oxidation sites excluding steroid dienone is 3. The highest BCUT2D eigenvalue weighted by Gasteiger charge is 2.32. The Bertz CT molecular complexity index is 296. The van der Waals surface area contributed by atoms with Crippen molar-refractivity contribution in [3.63, 3.8) is 0 Å². The van der Waals surface area contributed by atoms with Gasteiger partial charge in [-0.05, 0) is 6.92 Å². The van der Waals surface area contributed by atoms with Crippen molar-refractivity contribution in [3.8, 4) is 0 Å². The van der Waals surface area contributed by atoms with Crippen molar-refractivity contribution >= 4 is 0 Å². The zero-order valence-corrected chi connectivity index (χ0v) is 9.94. The van der Waals surface area contributed by atoms with Gasteiger partial charge in [0.05, 0.1) is 25.4 Å². The first-order chi connectivity index (χ1) is 8.19. The molecule has 0 aromatic rings. The zero-order valence-electron chi connectivity index (χ0n) is 9.94. The standard InChI is InChI=1S/C13H20O4/c1-2-3-4-5-10-9-17-12(13(10)16)7-6-11(15)8-14/h2-7,10-16H,8-9H2,1H3/b3-2+,5-4+,7-6+/t10-,11-,12-,13+/m0/s1. The quantitative estimate of drug-likeness (QED) is 0.481. The summed E-state index contributed by atoms with van der Waals surface area (Å²) >= 11 is 0. The first kappa shape index (κ1) is 14.1. The third-order valence-corrected chi connectivity index (χ3v) is 2.63. The molecule has 0 aromatic heterocycles. The van der Waals surface area contributed by atoms with Crippen molar-refractivity contribution in [1.29, 1.82) is 0 Å². The lowest BCUT2D eigenvalue weighted by molar-refractivity contribution is 0.0704. The van der Waals surface area contributed by atoms with Crippen LogP contribution in [0, 0.1) is 5.92 Å². The lowest BCUT2D eigenvalue weighted by atomic mass is 10.0. The van der Waals surface area contributed by atoms with Crippen molar-refractivity contribution in [1.82, 2.24) is 0 Å². The number of hydrogen-bond donors (Lipinski definition) is 3. The molecule has 0 saturated carbocycles. The van der Waals surface area contributed by atoms with Crippen molar-refractivity contribution in [2.45, 2.75) is 25.2 Å². The van der Waals surface area contributed by atoms with E-state index in [4.69, 9.17) is 14.9 Å². The molecule has 17 heavy (non-hydrogen) atoms. The van der Waals surface area contributed by atoms with Crippen LogP contribution >= 0.6 is 0 Å². The minimum absolute atomic E-state index is 0.0351. The molecule has 1 aliphatic rings. The summed E-state index contributed by atoms with van der Waals surface area (Å²) in [6.45, 7) is 2.05. The van der Waals surface area contributed by atoms with E-state index in [-0.39, 0.29) is 12.5 Å². The van der Waals surface area contributed by atoms with Crippen molar-refractivity contribution < 1.29 is 20.1 Å². The Kier molecular flexibility index (Phi) is 6.15. The van der Waals surface area contributed by atoms with E-state index in [1.54, 1.807) is 6.08 Å². The van der Waals surface area contributed by atoms with Crippen LogP contribution in [0.3, 0.4) is 0 Å². The van der Waals surface area contributed by atoms with Crippen LogP contribution in [-0.2, 0) is 4.74 Å². The molecule has 1 rings (SSSR count). The highest BCUT2D eigenvalue weighted by molar-refractivity contribution is 5.09. The van der Waals surface area contributed by atoms with Gasteiger partial charge >= 0.3 is 0 Å². The van der Waals surface area contributed by atoms with E-state index in [2.05, 4.69) is 0 Å². The predicted octanol–water partition coefficient (Wildman–Crippen LogP) is 0.404. The van der Waals surface area contributed by atoms with Gasteiger partial charge in [-0.2, -0.15) is 0 Å². The van der Waals surface area contributed by atoms with Gasteiger partial charge < -0.3 is 20.1 Å². The van der Waals surface area contributed by atoms with Crippen LogP contribution < -0.4 is 0 Å². The molecule has 0 aromatic carbocycles. The lowest BCUT2D eigenvalue weighted by Gasteiger charge is -2.12. The Labute approximate surface area is 102 Å². The van der Waals surface area contributed by atoms with Crippen LogP contribution in [-0.4, -0.2) is 46.8 Å². The maximum Gasteiger partial charge on any atom is 0.102 e. The van der Waals surface area contributed by atoms with Crippen LogP contribution in [0.4, 0.5) is 0 Å². The smallest absolute Gasteiger partial charge is 0.102 e. The Morgan fingerprint density at radius 3 is 2.76 bits per heavy atom. The number of hydrogen-bond acceptors (Lipinski definition) is 4. The molecule has 4 nitrogen and oxygen atoms in total. The van der Waals surface area contributed by atoms with Crippen LogP contribution in [0.2, 0.25) is 0 Å². The largest absolute Gasteiger partial charge is 0.393 e. The third kappa shape index (κ3) is 4.44. The van der Waals surface area contributed by atoms with E-state index in [9.17, 15) is 5.11 Å². The fourth-order valence-corrected chi connectivity index (χ4v) is 1.62. The van der Waals surface area contributed by atoms with Gasteiger partial charge in [-0.25, -0.2) is 0 Å². The number of aliphatic hydroxyl groups is 3. The molecule has 0 unspecified atom stereocenters. The van der Waals surface area contributed by atoms with Gasteiger partial charge in [0.2, 0.25) is 0 Å². The van der Waals surface area contributed by atoms with Gasteiger partial charge in [-0.3, -0.25) is 0 Å². The maximum absolute atomic E-state index is 9.94. The number of ether oxygens (including phenoxy) is 1. The second-order valence-electron chi connectivity index (χ2n) is 4.00. The molecule has 4 heteroatoms. The summed E-state index contributed by atoms with van der Waals surface area (Å²) < 4.78 is 5.40. The molecule has 0 radical (unpaired) electrons. The van der Waals surface area contributed by atoms with E-state index in [0.717, 1.165) is 0 Å². The van der Waals surface area contributed by atoms with Gasteiger partial charge in [-0.15, -0.1) is 0 Å². The van der Waals surface area contributed by atoms with Gasteiger partial charge in [0.25, 0.3) is 0 Å². The summed E-state index contributed by atoms with van der Waals surface area (Å²) in [6.07, 6.45) is 8.69. The van der Waals surface area contributed by atoms with Crippen LogP contribution in [0.5, 0.6) is 0 Å². The molecule has 0 amide bonds. The molecule has 96 valence electrons. The Morgan fingerprint density at radius 2 is 2.12 bits per heavy atom. The van der Waals surface area contributed by atoms with Gasteiger partial charge in [-0.1, -0.05) is 36.5 Å². The Morgan fingerprint density at radius 1 is 1.35 bits per heavy atom. The summed E-state index contributed by atoms with van der Waals surface area (Å²) in [5.74, 6) is -0.0351. The molecule has 4 atom stereocenters. The normalized spacial score (nSPS) is 32.1. The second-order valence-corrected chi connectivity index (χ2v) is 4.00. The fourth-order valence-electron chi connectivity index (χ4n) is 1.62. The van der Waals surface area contributed by atoms with Gasteiger partial charge in [0.15, 0.2) is 0 Å². The lowest BCUT2D eigenvalue weighted by Crippen LogP contribution is -2.24. The monoisotopic (exact) mass is 240 g/mol. The van der Waals surface area contributed by atoms with E-state index in [1.165, 1.54) is 6.08 Å². The van der Waals surface area contributed by atoms with Gasteiger partial charge in [0.1, 0.15) is 6.10 Å². The summed E-state index contributed by atoms with van der Waals surface area (Å²) in [5.41, 5.74) is 0. The average molecular weight is 240 g/mol. The molecule has 3 N–H and O–H groups in total. The van der Waals surface area contributed by atoms with Gasteiger partial charge in [0, 0.05) is 5.92 Å². The van der Waals surface area contributed by atoms with Crippen LogP contribution in [0.15, 0.2) is 36.5 Å². The highest BCUT2D eigenvalue weighted by Crippen LogP contribution is 2.22. The number of rotatable bonds is 5. The summed E-state index contributed by atoms with van der Waals surface area (Å²) in [7, 11) is 0. The summed E-state index contributed by atoms with van der Waals surface area (Å²) in [4.78, 5) is 0. The topological polar surface area (TPSA) is 69.9 Å². The van der Waals surface area contributed by atoms with E-state index in [0.29, 0.717) is 6.61 Å². The van der Waals surface area contributed by atoms with Crippen LogP contribution in [0.25, 0.3) is 0 Å². The molecule has 0 bridgehead atoms. The van der Waals surface area contributed by atoms with Crippen LogP contribution in [0.1, 0.15) is 6.92 Å². The molecule has 1 fully saturated rings. The third-order valence-electron chi connectivity index (χ3n) is 2.63. The number of aliphatic hydroxyl groups excluding tert-OH is 3. The zero-order chi connectivity index (χ0) is 12.7. The van der Waals surface area contributed by atoms with Crippen molar-refractivity contribution in [2.75, 3.05) is 13.2 Å². The minimum Gasteiger partial charge on any atom is -0.393 e. The maximum atomic E-state index is 9.94. The van der Waals surface area contributed by atoms with E-state index < -0.39 is 18.3 Å². The predicted molar refractivity (Wildman–Crippen MR) is 65.4 cm³/mol. The van der Waals surface area contributed by atoms with Crippen molar-refractivity contribution in [3.05, 3.63) is 36.5 Å². The molecular weight excluding hydrogens is 220 g/mol. The summed E-state index contributed by atoms with van der Waals surface area (Å²) in [5, 5.41) is 27.7. The van der Waals surface area contributed by atoms with Crippen molar-refractivity contribution in [2.24, 2.45) is 5.92 Å². The first-order valence-corrected chi connectivity index (χ1v) is 5.75. The van der Waals surface area contributed by atoms with E-state index in [1.807, 2.05) is 31.2 Å². The summed E-state index contributed by atoms with van der Waals surface area (Å²) in [6, 6.07) is 0. The molecule has 0 spiro atoms. The molecule has 1 heterocycles. The Balaban J connectivity index is 2.49. The second kappa shape index (κ2) is 7.40. The molecule has 1 aliphatic heterocycles. The molecule has 1 saturated heterocycles. The first-order valence-electron chi connectivity index (χ1n) is 5.75. The fraction of sp³-hybridized carbons (Fsp3) is 0.538. The molecular formula is C13H20O4. The SMILES string of the molecule is C/C=C/C=C/[C@H]1CO[C@@H](/C=C/[C@H](O)CO)[C@@H]1O.